The van der Waals surface area contributed by atoms with Crippen LogP contribution in [-0.4, -0.2) is 24.0 Å². The van der Waals surface area contributed by atoms with Crippen LogP contribution in [0, 0.1) is 11.8 Å². The van der Waals surface area contributed by atoms with Crippen LogP contribution in [0.2, 0.25) is 0 Å². The van der Waals surface area contributed by atoms with Crippen LogP contribution in [0.3, 0.4) is 0 Å². The summed E-state index contributed by atoms with van der Waals surface area (Å²) in [6.45, 7) is 11.5. The minimum Gasteiger partial charge on any atom is -0.300 e. The molecule has 84 valence electrons. The van der Waals surface area contributed by atoms with Crippen LogP contribution < -0.4 is 0 Å². The first-order chi connectivity index (χ1) is 6.77. The first-order valence-corrected chi connectivity index (χ1v) is 6.51. The molecule has 14 heavy (non-hydrogen) atoms. The summed E-state index contributed by atoms with van der Waals surface area (Å²) < 4.78 is 0. The zero-order chi connectivity index (χ0) is 10.6. The lowest BCUT2D eigenvalue weighted by Crippen LogP contribution is -2.51. The van der Waals surface area contributed by atoms with Crippen LogP contribution in [-0.2, 0) is 0 Å². The van der Waals surface area contributed by atoms with Gasteiger partial charge < -0.3 is 0 Å². The van der Waals surface area contributed by atoms with Crippen molar-refractivity contribution in [2.45, 2.75) is 59.4 Å². The number of nitrogens with zero attached hydrogens (tertiary/aromatic N) is 1. The Labute approximate surface area is 89.9 Å². The quantitative estimate of drug-likeness (QED) is 0.654. The average molecular weight is 197 g/mol. The highest BCUT2D eigenvalue weighted by molar-refractivity contribution is 4.86. The van der Waals surface area contributed by atoms with E-state index >= 15 is 0 Å². The molecule has 1 aliphatic carbocycles. The number of hydrogen-bond acceptors (Lipinski definition) is 1. The second-order valence-electron chi connectivity index (χ2n) is 4.84. The molecule has 0 aromatic carbocycles. The molecule has 0 bridgehead atoms. The fourth-order valence-electron chi connectivity index (χ4n) is 2.82. The molecule has 1 heteroatoms. The maximum absolute atomic E-state index is 2.67. The Hall–Kier alpha value is -0.0400. The van der Waals surface area contributed by atoms with Gasteiger partial charge in [0.05, 0.1) is 0 Å². The Balaban J connectivity index is 0.000000461. The van der Waals surface area contributed by atoms with Crippen molar-refractivity contribution in [1.82, 2.24) is 4.90 Å². The predicted molar refractivity (Wildman–Crippen MR) is 63.5 cm³/mol. The van der Waals surface area contributed by atoms with Crippen molar-refractivity contribution >= 4 is 0 Å². The highest BCUT2D eigenvalue weighted by Gasteiger charge is 2.32. The third-order valence-electron chi connectivity index (χ3n) is 3.75. The van der Waals surface area contributed by atoms with Gasteiger partial charge in [-0.15, -0.1) is 0 Å². The lowest BCUT2D eigenvalue weighted by Gasteiger charge is -2.44. The zero-order valence-corrected chi connectivity index (χ0v) is 10.4. The molecule has 1 aliphatic heterocycles. The zero-order valence-electron chi connectivity index (χ0n) is 10.4. The van der Waals surface area contributed by atoms with Gasteiger partial charge in [0.2, 0.25) is 0 Å². The Kier molecular flexibility index (Phi) is 4.94. The van der Waals surface area contributed by atoms with Crippen molar-refractivity contribution in [2.24, 2.45) is 11.8 Å². The average Bonchev–Trinajstić information content (AvgIpc) is 2.68. The first-order valence-electron chi connectivity index (χ1n) is 6.51. The molecule has 0 radical (unpaired) electrons. The first kappa shape index (κ1) is 12.0. The Morgan fingerprint density at radius 3 is 2.00 bits per heavy atom. The number of rotatable bonds is 2. The fourth-order valence-corrected chi connectivity index (χ4v) is 2.82. The maximum atomic E-state index is 2.67. The van der Waals surface area contributed by atoms with Crippen LogP contribution in [0.15, 0.2) is 0 Å². The van der Waals surface area contributed by atoms with Gasteiger partial charge >= 0.3 is 0 Å². The minimum absolute atomic E-state index is 0.878. The second kappa shape index (κ2) is 5.75. The van der Waals surface area contributed by atoms with Gasteiger partial charge in [-0.3, -0.25) is 4.90 Å². The molecule has 1 saturated heterocycles. The molecule has 2 fully saturated rings. The smallest absolute Gasteiger partial charge is 0.00954 e. The molecule has 0 amide bonds. The highest BCUT2D eigenvalue weighted by Crippen LogP contribution is 2.32. The second-order valence-corrected chi connectivity index (χ2v) is 4.84. The molecule has 1 unspecified atom stereocenters. The van der Waals surface area contributed by atoms with E-state index in [2.05, 4.69) is 18.7 Å². The largest absolute Gasteiger partial charge is 0.300 e. The van der Waals surface area contributed by atoms with Gasteiger partial charge in [-0.1, -0.05) is 33.6 Å². The van der Waals surface area contributed by atoms with Gasteiger partial charge in [0.25, 0.3) is 0 Å². The lowest BCUT2D eigenvalue weighted by atomic mass is 9.92. The fraction of sp³-hybridized carbons (Fsp3) is 1.00. The molecule has 1 saturated carbocycles. The monoisotopic (exact) mass is 197 g/mol. The summed E-state index contributed by atoms with van der Waals surface area (Å²) in [7, 11) is 0. The van der Waals surface area contributed by atoms with Gasteiger partial charge in [0, 0.05) is 19.1 Å². The third-order valence-corrected chi connectivity index (χ3v) is 3.75. The van der Waals surface area contributed by atoms with Gasteiger partial charge in [-0.2, -0.15) is 0 Å². The summed E-state index contributed by atoms with van der Waals surface area (Å²) in [5, 5.41) is 0. The van der Waals surface area contributed by atoms with E-state index in [0.29, 0.717) is 0 Å². The topological polar surface area (TPSA) is 3.24 Å². The SMILES string of the molecule is CC.CC1CN(C(C)C2CCCC2)C1. The van der Waals surface area contributed by atoms with Crippen LogP contribution in [0.1, 0.15) is 53.4 Å². The van der Waals surface area contributed by atoms with E-state index in [0.717, 1.165) is 17.9 Å². The van der Waals surface area contributed by atoms with E-state index in [9.17, 15) is 0 Å². The normalized spacial score (nSPS) is 26.6. The minimum atomic E-state index is 0.878. The van der Waals surface area contributed by atoms with Crippen LogP contribution in [0.5, 0.6) is 0 Å². The number of hydrogen-bond donors (Lipinski definition) is 0. The van der Waals surface area contributed by atoms with Gasteiger partial charge in [-0.05, 0) is 31.6 Å². The van der Waals surface area contributed by atoms with E-state index in [-0.39, 0.29) is 0 Å². The molecule has 0 N–H and O–H groups in total. The molecule has 2 rings (SSSR count). The van der Waals surface area contributed by atoms with Gasteiger partial charge in [0.1, 0.15) is 0 Å². The van der Waals surface area contributed by atoms with Crippen molar-refractivity contribution < 1.29 is 0 Å². The van der Waals surface area contributed by atoms with E-state index < -0.39 is 0 Å². The summed E-state index contributed by atoms with van der Waals surface area (Å²) in [5.74, 6) is 1.99. The van der Waals surface area contributed by atoms with Crippen molar-refractivity contribution in [3.63, 3.8) is 0 Å². The highest BCUT2D eigenvalue weighted by atomic mass is 15.2. The van der Waals surface area contributed by atoms with E-state index in [4.69, 9.17) is 0 Å². The van der Waals surface area contributed by atoms with Crippen molar-refractivity contribution in [2.75, 3.05) is 13.1 Å². The summed E-state index contributed by atoms with van der Waals surface area (Å²) >= 11 is 0. The standard InChI is InChI=1S/C11H21N.C2H6/c1-9-7-12(8-9)10(2)11-5-3-4-6-11;1-2/h9-11H,3-8H2,1-2H3;1-2H3. The molecule has 1 nitrogen and oxygen atoms in total. The van der Waals surface area contributed by atoms with Crippen LogP contribution in [0.4, 0.5) is 0 Å². The van der Waals surface area contributed by atoms with Crippen molar-refractivity contribution in [3.05, 3.63) is 0 Å². The van der Waals surface area contributed by atoms with Crippen molar-refractivity contribution in [1.29, 1.82) is 0 Å². The van der Waals surface area contributed by atoms with E-state index in [1.54, 1.807) is 0 Å². The Morgan fingerprint density at radius 2 is 1.57 bits per heavy atom. The Bertz CT molecular complexity index is 143. The molecular formula is C13H27N. The van der Waals surface area contributed by atoms with Gasteiger partial charge in [0.15, 0.2) is 0 Å². The molecular weight excluding hydrogens is 170 g/mol. The van der Waals surface area contributed by atoms with Crippen LogP contribution in [0.25, 0.3) is 0 Å². The molecule has 0 aromatic heterocycles. The molecule has 0 aromatic rings. The molecule has 2 aliphatic rings. The molecule has 0 spiro atoms. The summed E-state index contributed by atoms with van der Waals surface area (Å²) in [5.41, 5.74) is 0. The third kappa shape index (κ3) is 2.73. The number of likely N-dealkylation sites (tertiary alicyclic amines) is 1. The van der Waals surface area contributed by atoms with E-state index in [1.807, 2.05) is 13.8 Å². The molecule has 1 atom stereocenters. The summed E-state index contributed by atoms with van der Waals surface area (Å²) in [6.07, 6.45) is 5.95. The Morgan fingerprint density at radius 1 is 1.07 bits per heavy atom. The lowest BCUT2D eigenvalue weighted by molar-refractivity contribution is 0.0429. The van der Waals surface area contributed by atoms with Gasteiger partial charge in [-0.25, -0.2) is 0 Å². The maximum Gasteiger partial charge on any atom is 0.00954 e. The van der Waals surface area contributed by atoms with Crippen LogP contribution >= 0.6 is 0 Å². The van der Waals surface area contributed by atoms with E-state index in [1.165, 1.54) is 38.8 Å². The van der Waals surface area contributed by atoms with Crippen molar-refractivity contribution in [3.8, 4) is 0 Å². The predicted octanol–water partition coefficient (Wildman–Crippen LogP) is 3.54. The summed E-state index contributed by atoms with van der Waals surface area (Å²) in [6, 6.07) is 0.878. The summed E-state index contributed by atoms with van der Waals surface area (Å²) in [4.78, 5) is 2.67. The molecule has 1 heterocycles.